The van der Waals surface area contributed by atoms with Crippen molar-refractivity contribution in [3.05, 3.63) is 82.6 Å². The highest BCUT2D eigenvalue weighted by Crippen LogP contribution is 2.31. The number of aromatic nitrogens is 2. The Morgan fingerprint density at radius 1 is 0.964 bits per heavy atom. The van der Waals surface area contributed by atoms with Crippen LogP contribution in [0.3, 0.4) is 0 Å². The van der Waals surface area contributed by atoms with E-state index in [9.17, 15) is 0 Å². The smallest absolute Gasteiger partial charge is 0.141 e. The van der Waals surface area contributed by atoms with Gasteiger partial charge in [-0.25, -0.2) is 9.97 Å². The maximum absolute atomic E-state index is 6.39. The lowest BCUT2D eigenvalue weighted by atomic mass is 10.2. The SMILES string of the molecule is Nc1ccc2ncnc(Nc3ccc(OCc4cccc(Cl)c4)c(Cl)c3)c2c1. The Morgan fingerprint density at radius 2 is 1.86 bits per heavy atom. The largest absolute Gasteiger partial charge is 0.487 e. The van der Waals surface area contributed by atoms with E-state index in [1.807, 2.05) is 54.6 Å². The highest BCUT2D eigenvalue weighted by Gasteiger charge is 2.08. The zero-order chi connectivity index (χ0) is 19.5. The number of ether oxygens (including phenoxy) is 1. The van der Waals surface area contributed by atoms with Crippen LogP contribution in [0.2, 0.25) is 10.0 Å². The van der Waals surface area contributed by atoms with Crippen LogP contribution in [0.25, 0.3) is 10.9 Å². The molecule has 5 nitrogen and oxygen atoms in total. The maximum atomic E-state index is 6.39. The number of fused-ring (bicyclic) bond motifs is 1. The zero-order valence-corrected chi connectivity index (χ0v) is 16.2. The van der Waals surface area contributed by atoms with Crippen molar-refractivity contribution in [2.45, 2.75) is 6.61 Å². The average Bonchev–Trinajstić information content (AvgIpc) is 2.68. The Labute approximate surface area is 172 Å². The summed E-state index contributed by atoms with van der Waals surface area (Å²) in [4.78, 5) is 8.57. The van der Waals surface area contributed by atoms with Crippen LogP contribution in [-0.2, 0) is 6.61 Å². The normalized spacial score (nSPS) is 10.8. The molecule has 0 aliphatic heterocycles. The third-order valence-corrected chi connectivity index (χ3v) is 4.67. The Balaban J connectivity index is 1.53. The molecule has 0 bridgehead atoms. The molecule has 0 aliphatic carbocycles. The Bertz CT molecular complexity index is 1150. The monoisotopic (exact) mass is 410 g/mol. The molecule has 1 aromatic heterocycles. The number of anilines is 3. The molecule has 140 valence electrons. The summed E-state index contributed by atoms with van der Waals surface area (Å²) in [6, 6.07) is 18.5. The van der Waals surface area contributed by atoms with Gasteiger partial charge < -0.3 is 15.8 Å². The molecule has 4 rings (SSSR count). The summed E-state index contributed by atoms with van der Waals surface area (Å²) in [6.45, 7) is 0.378. The molecule has 0 spiro atoms. The lowest BCUT2D eigenvalue weighted by Gasteiger charge is -2.12. The van der Waals surface area contributed by atoms with Gasteiger partial charge in [0.15, 0.2) is 0 Å². The molecular formula is C21H16Cl2N4O. The van der Waals surface area contributed by atoms with Crippen LogP contribution in [0.4, 0.5) is 17.2 Å². The topological polar surface area (TPSA) is 73.1 Å². The summed E-state index contributed by atoms with van der Waals surface area (Å²) < 4.78 is 5.81. The van der Waals surface area contributed by atoms with E-state index in [1.165, 1.54) is 6.33 Å². The first-order chi connectivity index (χ1) is 13.6. The van der Waals surface area contributed by atoms with Crippen molar-refractivity contribution in [3.63, 3.8) is 0 Å². The van der Waals surface area contributed by atoms with Crippen molar-refractivity contribution < 1.29 is 4.74 Å². The van der Waals surface area contributed by atoms with Gasteiger partial charge in [0.05, 0.1) is 10.5 Å². The number of nitrogens with two attached hydrogens (primary N) is 1. The zero-order valence-electron chi connectivity index (χ0n) is 14.7. The molecule has 0 radical (unpaired) electrons. The Hall–Kier alpha value is -3.02. The fourth-order valence-electron chi connectivity index (χ4n) is 2.79. The molecule has 0 amide bonds. The van der Waals surface area contributed by atoms with Gasteiger partial charge in [-0.15, -0.1) is 0 Å². The number of hydrogen-bond donors (Lipinski definition) is 2. The predicted octanol–water partition coefficient (Wildman–Crippen LogP) is 5.84. The predicted molar refractivity (Wildman–Crippen MR) is 114 cm³/mol. The quantitative estimate of drug-likeness (QED) is 0.404. The van der Waals surface area contributed by atoms with E-state index < -0.39 is 0 Å². The number of benzene rings is 3. The molecule has 0 unspecified atom stereocenters. The summed E-state index contributed by atoms with van der Waals surface area (Å²) in [5.41, 5.74) is 9.09. The van der Waals surface area contributed by atoms with Gasteiger partial charge >= 0.3 is 0 Å². The Kier molecular flexibility index (Phi) is 5.19. The molecule has 0 aliphatic rings. The van der Waals surface area contributed by atoms with Crippen LogP contribution >= 0.6 is 23.2 Å². The lowest BCUT2D eigenvalue weighted by Crippen LogP contribution is -1.98. The van der Waals surface area contributed by atoms with Crippen LogP contribution in [0, 0.1) is 0 Å². The number of nitrogens with zero attached hydrogens (tertiary/aromatic N) is 2. The van der Waals surface area contributed by atoms with Gasteiger partial charge in [0, 0.05) is 21.8 Å². The number of nitrogens with one attached hydrogen (secondary N) is 1. The minimum atomic E-state index is 0.378. The summed E-state index contributed by atoms with van der Waals surface area (Å²) in [6.07, 6.45) is 1.50. The van der Waals surface area contributed by atoms with Crippen LogP contribution in [0.1, 0.15) is 5.56 Å². The van der Waals surface area contributed by atoms with E-state index in [2.05, 4.69) is 15.3 Å². The molecule has 0 fully saturated rings. The number of halogens is 2. The maximum Gasteiger partial charge on any atom is 0.141 e. The van der Waals surface area contributed by atoms with Gasteiger partial charge in [0.2, 0.25) is 0 Å². The molecule has 0 atom stereocenters. The van der Waals surface area contributed by atoms with Gasteiger partial charge in [-0.1, -0.05) is 35.3 Å². The van der Waals surface area contributed by atoms with Crippen molar-refractivity contribution in [1.29, 1.82) is 0 Å². The molecule has 3 aromatic carbocycles. The van der Waals surface area contributed by atoms with Crippen molar-refractivity contribution in [1.82, 2.24) is 9.97 Å². The van der Waals surface area contributed by atoms with Gasteiger partial charge in [0.1, 0.15) is 24.5 Å². The molecule has 4 aromatic rings. The van der Waals surface area contributed by atoms with Crippen LogP contribution in [0.5, 0.6) is 5.75 Å². The number of nitrogen functional groups attached to an aromatic ring is 1. The average molecular weight is 411 g/mol. The molecule has 28 heavy (non-hydrogen) atoms. The fraction of sp³-hybridized carbons (Fsp3) is 0.0476. The van der Waals surface area contributed by atoms with Crippen molar-refractivity contribution >= 4 is 51.3 Å². The third kappa shape index (κ3) is 4.11. The van der Waals surface area contributed by atoms with Gasteiger partial charge in [-0.3, -0.25) is 0 Å². The van der Waals surface area contributed by atoms with E-state index in [4.69, 9.17) is 33.7 Å². The van der Waals surface area contributed by atoms with Crippen LogP contribution in [0.15, 0.2) is 67.0 Å². The second-order valence-electron chi connectivity index (χ2n) is 6.19. The van der Waals surface area contributed by atoms with E-state index in [0.29, 0.717) is 33.9 Å². The molecule has 1 heterocycles. The molecule has 0 saturated heterocycles. The summed E-state index contributed by atoms with van der Waals surface area (Å²) in [7, 11) is 0. The molecule has 0 saturated carbocycles. The number of hydrogen-bond acceptors (Lipinski definition) is 5. The van der Waals surface area contributed by atoms with Crippen LogP contribution in [-0.4, -0.2) is 9.97 Å². The summed E-state index contributed by atoms with van der Waals surface area (Å²) in [5, 5.41) is 5.25. The minimum Gasteiger partial charge on any atom is -0.487 e. The third-order valence-electron chi connectivity index (χ3n) is 4.14. The molecular weight excluding hydrogens is 395 g/mol. The highest BCUT2D eigenvalue weighted by molar-refractivity contribution is 6.32. The summed E-state index contributed by atoms with van der Waals surface area (Å²) >= 11 is 12.4. The van der Waals surface area contributed by atoms with Gasteiger partial charge in [0.25, 0.3) is 0 Å². The first kappa shape index (κ1) is 18.3. The summed E-state index contributed by atoms with van der Waals surface area (Å²) in [5.74, 6) is 1.24. The second-order valence-corrected chi connectivity index (χ2v) is 7.03. The minimum absolute atomic E-state index is 0.378. The van der Waals surface area contributed by atoms with Crippen molar-refractivity contribution in [2.75, 3.05) is 11.1 Å². The Morgan fingerprint density at radius 3 is 2.68 bits per heavy atom. The van der Waals surface area contributed by atoms with E-state index in [-0.39, 0.29) is 0 Å². The highest BCUT2D eigenvalue weighted by atomic mass is 35.5. The fourth-order valence-corrected chi connectivity index (χ4v) is 3.24. The van der Waals surface area contributed by atoms with E-state index >= 15 is 0 Å². The van der Waals surface area contributed by atoms with E-state index in [0.717, 1.165) is 22.2 Å². The van der Waals surface area contributed by atoms with Crippen LogP contribution < -0.4 is 15.8 Å². The first-order valence-electron chi connectivity index (χ1n) is 8.52. The van der Waals surface area contributed by atoms with Gasteiger partial charge in [-0.2, -0.15) is 0 Å². The standard InChI is InChI=1S/C21H16Cl2N4O/c22-14-3-1-2-13(8-14)11-28-20-7-5-16(10-18(20)23)27-21-17-9-15(24)4-6-19(17)25-12-26-21/h1-10,12H,11,24H2,(H,25,26,27). The molecule has 3 N–H and O–H groups in total. The molecule has 7 heteroatoms. The van der Waals surface area contributed by atoms with Crippen molar-refractivity contribution in [3.8, 4) is 5.75 Å². The number of rotatable bonds is 5. The lowest BCUT2D eigenvalue weighted by molar-refractivity contribution is 0.306. The van der Waals surface area contributed by atoms with E-state index in [1.54, 1.807) is 6.07 Å². The first-order valence-corrected chi connectivity index (χ1v) is 9.28. The van der Waals surface area contributed by atoms with Gasteiger partial charge in [-0.05, 0) is 54.1 Å². The second kappa shape index (κ2) is 7.92. The van der Waals surface area contributed by atoms with Crippen molar-refractivity contribution in [2.24, 2.45) is 0 Å².